The third-order valence-electron chi connectivity index (χ3n) is 3.71. The van der Waals surface area contributed by atoms with Gasteiger partial charge in [0.1, 0.15) is 0 Å². The lowest BCUT2D eigenvalue weighted by atomic mass is 9.96. The number of rotatable bonds is 7. The van der Waals surface area contributed by atoms with Gasteiger partial charge in [-0.25, -0.2) is 12.7 Å². The Labute approximate surface area is 111 Å². The van der Waals surface area contributed by atoms with Gasteiger partial charge in [-0.15, -0.1) is 0 Å². The molecule has 0 saturated carbocycles. The Morgan fingerprint density at radius 1 is 1.22 bits per heavy atom. The van der Waals surface area contributed by atoms with Gasteiger partial charge in [0.05, 0.1) is 5.75 Å². The van der Waals surface area contributed by atoms with Crippen LogP contribution < -0.4 is 0 Å². The summed E-state index contributed by atoms with van der Waals surface area (Å²) in [4.78, 5) is 0. The van der Waals surface area contributed by atoms with Gasteiger partial charge in [0.15, 0.2) is 0 Å². The zero-order valence-electron chi connectivity index (χ0n) is 11.5. The summed E-state index contributed by atoms with van der Waals surface area (Å²) in [5.74, 6) is 0.888. The molecule has 4 nitrogen and oxygen atoms in total. The Hall–Kier alpha value is -0.130. The fourth-order valence-corrected chi connectivity index (χ4v) is 4.26. The minimum atomic E-state index is -3.10. The zero-order valence-corrected chi connectivity index (χ0v) is 12.3. The van der Waals surface area contributed by atoms with E-state index in [9.17, 15) is 8.42 Å². The van der Waals surface area contributed by atoms with Crippen LogP contribution >= 0.6 is 0 Å². The number of unbranched alkanes of at least 4 members (excludes halogenated alkanes) is 1. The van der Waals surface area contributed by atoms with Gasteiger partial charge in [-0.1, -0.05) is 19.8 Å². The Bertz CT molecular complexity index is 316. The first kappa shape index (κ1) is 15.9. The SMILES string of the molecule is CCCC1CCCN(S(=O)(=O)CCCCO)CC1. The maximum absolute atomic E-state index is 12.1. The topological polar surface area (TPSA) is 57.6 Å². The number of sulfonamides is 1. The minimum Gasteiger partial charge on any atom is -0.396 e. The summed E-state index contributed by atoms with van der Waals surface area (Å²) in [7, 11) is -3.10. The van der Waals surface area contributed by atoms with Crippen molar-refractivity contribution in [3.8, 4) is 0 Å². The van der Waals surface area contributed by atoms with Crippen molar-refractivity contribution < 1.29 is 13.5 Å². The molecule has 0 aromatic heterocycles. The van der Waals surface area contributed by atoms with Crippen LogP contribution in [0.15, 0.2) is 0 Å². The van der Waals surface area contributed by atoms with Crippen molar-refractivity contribution in [2.45, 2.75) is 51.9 Å². The summed E-state index contributed by atoms with van der Waals surface area (Å²) in [6.07, 6.45) is 6.71. The number of aliphatic hydroxyl groups excluding tert-OH is 1. The first-order valence-electron chi connectivity index (χ1n) is 7.19. The molecule has 108 valence electrons. The van der Waals surface area contributed by atoms with Crippen molar-refractivity contribution in [2.75, 3.05) is 25.4 Å². The summed E-state index contributed by atoms with van der Waals surface area (Å²) in [6.45, 7) is 3.64. The Morgan fingerprint density at radius 3 is 2.67 bits per heavy atom. The van der Waals surface area contributed by atoms with E-state index in [1.165, 1.54) is 12.8 Å². The first-order chi connectivity index (χ1) is 8.60. The summed E-state index contributed by atoms with van der Waals surface area (Å²) >= 11 is 0. The predicted molar refractivity (Wildman–Crippen MR) is 73.9 cm³/mol. The minimum absolute atomic E-state index is 0.0775. The molecule has 0 spiro atoms. The molecule has 5 heteroatoms. The van der Waals surface area contributed by atoms with Crippen LogP contribution in [0, 0.1) is 5.92 Å². The molecule has 0 aliphatic carbocycles. The van der Waals surface area contributed by atoms with Gasteiger partial charge < -0.3 is 5.11 Å². The lowest BCUT2D eigenvalue weighted by Gasteiger charge is -2.20. The van der Waals surface area contributed by atoms with E-state index in [0.717, 1.165) is 19.3 Å². The molecule has 1 aliphatic rings. The second-order valence-electron chi connectivity index (χ2n) is 5.23. The van der Waals surface area contributed by atoms with Crippen LogP contribution in [-0.4, -0.2) is 43.3 Å². The first-order valence-corrected chi connectivity index (χ1v) is 8.79. The van der Waals surface area contributed by atoms with Gasteiger partial charge in [-0.05, 0) is 38.0 Å². The second-order valence-corrected chi connectivity index (χ2v) is 7.32. The molecule has 0 bridgehead atoms. The highest BCUT2D eigenvalue weighted by Gasteiger charge is 2.25. The molecule has 1 atom stereocenters. The highest BCUT2D eigenvalue weighted by Crippen LogP contribution is 2.23. The van der Waals surface area contributed by atoms with Crippen molar-refractivity contribution in [1.29, 1.82) is 0 Å². The molecule has 1 fully saturated rings. The van der Waals surface area contributed by atoms with Crippen LogP contribution in [0.3, 0.4) is 0 Å². The van der Waals surface area contributed by atoms with Crippen molar-refractivity contribution in [3.05, 3.63) is 0 Å². The Kier molecular flexibility index (Phi) is 7.19. The molecular weight excluding hydrogens is 250 g/mol. The largest absolute Gasteiger partial charge is 0.396 e. The molecular formula is C13H27NO3S. The number of hydrogen-bond acceptors (Lipinski definition) is 3. The van der Waals surface area contributed by atoms with Crippen molar-refractivity contribution in [1.82, 2.24) is 4.31 Å². The monoisotopic (exact) mass is 277 g/mol. The van der Waals surface area contributed by atoms with Gasteiger partial charge in [0.25, 0.3) is 0 Å². The highest BCUT2D eigenvalue weighted by molar-refractivity contribution is 7.89. The van der Waals surface area contributed by atoms with Crippen LogP contribution in [0.5, 0.6) is 0 Å². The van der Waals surface area contributed by atoms with Crippen LogP contribution in [-0.2, 0) is 10.0 Å². The van der Waals surface area contributed by atoms with E-state index in [-0.39, 0.29) is 12.4 Å². The standard InChI is InChI=1S/C13H27NO3S/c1-2-6-13-7-5-9-14(10-8-13)18(16,17)12-4-3-11-15/h13,15H,2-12H2,1H3. The molecule has 0 radical (unpaired) electrons. The average Bonchev–Trinajstić information content (AvgIpc) is 2.56. The smallest absolute Gasteiger partial charge is 0.214 e. The molecule has 0 aromatic rings. The molecule has 1 rings (SSSR count). The third-order valence-corrected chi connectivity index (χ3v) is 5.66. The molecule has 0 amide bonds. The number of nitrogens with zero attached hydrogens (tertiary/aromatic N) is 1. The molecule has 0 aromatic carbocycles. The van der Waals surface area contributed by atoms with Gasteiger partial charge >= 0.3 is 0 Å². The Balaban J connectivity index is 2.45. The van der Waals surface area contributed by atoms with Gasteiger partial charge in [0.2, 0.25) is 10.0 Å². The van der Waals surface area contributed by atoms with Crippen molar-refractivity contribution in [2.24, 2.45) is 5.92 Å². The van der Waals surface area contributed by atoms with E-state index in [4.69, 9.17) is 5.11 Å². The fraction of sp³-hybridized carbons (Fsp3) is 1.00. The number of aliphatic hydroxyl groups is 1. The summed E-state index contributed by atoms with van der Waals surface area (Å²) < 4.78 is 25.9. The molecule has 1 unspecified atom stereocenters. The Morgan fingerprint density at radius 2 is 2.00 bits per heavy atom. The molecule has 1 heterocycles. The lowest BCUT2D eigenvalue weighted by molar-refractivity contribution is 0.286. The lowest BCUT2D eigenvalue weighted by Crippen LogP contribution is -2.34. The van der Waals surface area contributed by atoms with Crippen LogP contribution in [0.25, 0.3) is 0 Å². The van der Waals surface area contributed by atoms with Crippen molar-refractivity contribution >= 4 is 10.0 Å². The van der Waals surface area contributed by atoms with E-state index >= 15 is 0 Å². The maximum Gasteiger partial charge on any atom is 0.214 e. The summed E-state index contributed by atoms with van der Waals surface area (Å²) in [5.41, 5.74) is 0. The van der Waals surface area contributed by atoms with Crippen molar-refractivity contribution in [3.63, 3.8) is 0 Å². The third kappa shape index (κ3) is 5.24. The van der Waals surface area contributed by atoms with E-state index < -0.39 is 10.0 Å². The zero-order chi connectivity index (χ0) is 13.4. The summed E-state index contributed by atoms with van der Waals surface area (Å²) in [6, 6.07) is 0. The summed E-state index contributed by atoms with van der Waals surface area (Å²) in [5, 5.41) is 8.70. The number of hydrogen-bond donors (Lipinski definition) is 1. The van der Waals surface area contributed by atoms with E-state index in [0.29, 0.717) is 31.8 Å². The highest BCUT2D eigenvalue weighted by atomic mass is 32.2. The second kappa shape index (κ2) is 8.12. The van der Waals surface area contributed by atoms with Gasteiger partial charge in [0, 0.05) is 19.7 Å². The van der Waals surface area contributed by atoms with Gasteiger partial charge in [-0.3, -0.25) is 0 Å². The van der Waals surface area contributed by atoms with E-state index in [1.807, 2.05) is 0 Å². The molecule has 1 aliphatic heterocycles. The van der Waals surface area contributed by atoms with Crippen LogP contribution in [0.4, 0.5) is 0 Å². The molecule has 18 heavy (non-hydrogen) atoms. The normalized spacial score (nSPS) is 22.9. The van der Waals surface area contributed by atoms with Crippen LogP contribution in [0.1, 0.15) is 51.9 Å². The predicted octanol–water partition coefficient (Wildman–Crippen LogP) is 1.99. The van der Waals surface area contributed by atoms with Gasteiger partial charge in [-0.2, -0.15) is 0 Å². The average molecular weight is 277 g/mol. The maximum atomic E-state index is 12.1. The molecule has 1 N–H and O–H groups in total. The van der Waals surface area contributed by atoms with E-state index in [2.05, 4.69) is 6.92 Å². The van der Waals surface area contributed by atoms with E-state index in [1.54, 1.807) is 4.31 Å². The fourth-order valence-electron chi connectivity index (χ4n) is 2.64. The quantitative estimate of drug-likeness (QED) is 0.724. The molecule has 1 saturated heterocycles. The van der Waals surface area contributed by atoms with Crippen LogP contribution in [0.2, 0.25) is 0 Å².